The van der Waals surface area contributed by atoms with Gasteiger partial charge in [-0.2, -0.15) is 0 Å². The molecule has 2 N–H and O–H groups in total. The molecule has 2 aromatic heterocycles. The number of aliphatic hydroxyl groups is 1. The number of amides is 1. The van der Waals surface area contributed by atoms with E-state index in [4.69, 9.17) is 9.47 Å². The maximum Gasteiger partial charge on any atom is 0.412 e. The number of hydrogen-bond donors (Lipinski definition) is 2. The Morgan fingerprint density at radius 2 is 2.13 bits per heavy atom. The summed E-state index contributed by atoms with van der Waals surface area (Å²) in [4.78, 5) is 38.8. The van der Waals surface area contributed by atoms with Crippen LogP contribution in [0.3, 0.4) is 0 Å². The minimum Gasteiger partial charge on any atom is -0.448 e. The number of anilines is 1. The molecule has 1 aliphatic rings. The Morgan fingerprint density at radius 3 is 2.87 bits per heavy atom. The van der Waals surface area contributed by atoms with Crippen molar-refractivity contribution in [3.8, 4) is 0 Å². The number of fused-ring (bicyclic) bond motifs is 1. The third-order valence-corrected chi connectivity index (χ3v) is 6.36. The zero-order chi connectivity index (χ0) is 21.3. The second kappa shape index (κ2) is 11.1. The van der Waals surface area contributed by atoms with Gasteiger partial charge in [-0.25, -0.2) is 19.7 Å². The van der Waals surface area contributed by atoms with E-state index in [-0.39, 0.29) is 38.0 Å². The van der Waals surface area contributed by atoms with Gasteiger partial charge in [0.25, 0.3) is 5.09 Å². The number of ether oxygens (including phenoxy) is 2. The Bertz CT molecular complexity index is 869. The first-order valence-electron chi connectivity index (χ1n) is 8.98. The van der Waals surface area contributed by atoms with Gasteiger partial charge in [-0.15, -0.1) is 10.1 Å². The largest absolute Gasteiger partial charge is 0.448 e. The summed E-state index contributed by atoms with van der Waals surface area (Å²) in [5.41, 5.74) is 0.911. The lowest BCUT2D eigenvalue weighted by Crippen LogP contribution is -2.17. The number of rotatable bonds is 11. The highest BCUT2D eigenvalue weighted by Gasteiger charge is 2.28. The Hall–Kier alpha value is -2.36. The first kappa shape index (κ1) is 22.3. The van der Waals surface area contributed by atoms with Crippen LogP contribution in [0.4, 0.5) is 10.6 Å². The van der Waals surface area contributed by atoms with E-state index in [1.165, 1.54) is 27.9 Å². The monoisotopic (exact) mass is 460 g/mol. The van der Waals surface area contributed by atoms with Crippen LogP contribution in [0.5, 0.6) is 0 Å². The van der Waals surface area contributed by atoms with Crippen molar-refractivity contribution in [2.45, 2.75) is 25.2 Å². The molecule has 0 bridgehead atoms. The number of aromatic nitrogens is 4. The van der Waals surface area contributed by atoms with E-state index in [2.05, 4.69) is 25.1 Å². The van der Waals surface area contributed by atoms with E-state index in [1.807, 2.05) is 0 Å². The SMILES string of the molecule is O=C(Nc1ncnc2c1ncn2[C@H]1CC[C@@H](CO)O1)OCCSSCCO[N+](=O)[O-]. The molecule has 0 saturated carbocycles. The molecule has 0 aliphatic carbocycles. The Balaban J connectivity index is 1.45. The van der Waals surface area contributed by atoms with Crippen LogP contribution in [0.25, 0.3) is 11.2 Å². The van der Waals surface area contributed by atoms with Crippen molar-refractivity contribution in [1.29, 1.82) is 0 Å². The number of carbonyl (C=O) groups excluding carboxylic acids is 1. The molecular formula is C15H20N6O7S2. The van der Waals surface area contributed by atoms with Crippen molar-refractivity contribution < 1.29 is 29.3 Å². The summed E-state index contributed by atoms with van der Waals surface area (Å²) in [7, 11) is 2.80. The molecule has 15 heteroatoms. The number of aliphatic hydroxyl groups excluding tert-OH is 1. The van der Waals surface area contributed by atoms with Crippen molar-refractivity contribution in [2.75, 3.05) is 36.6 Å². The summed E-state index contributed by atoms with van der Waals surface area (Å²) in [5, 5.41) is 21.0. The lowest BCUT2D eigenvalue weighted by Gasteiger charge is -2.13. The molecule has 1 aliphatic heterocycles. The number of imidazole rings is 1. The summed E-state index contributed by atoms with van der Waals surface area (Å²) >= 11 is 0. The van der Waals surface area contributed by atoms with E-state index in [1.54, 1.807) is 10.9 Å². The second-order valence-electron chi connectivity index (χ2n) is 5.98. The van der Waals surface area contributed by atoms with Gasteiger partial charge in [0.05, 0.1) is 19.0 Å². The molecule has 3 rings (SSSR count). The number of nitrogens with one attached hydrogen (secondary N) is 1. The highest BCUT2D eigenvalue weighted by Crippen LogP contribution is 2.31. The Kier molecular flexibility index (Phi) is 8.30. The van der Waals surface area contributed by atoms with Crippen LogP contribution >= 0.6 is 21.6 Å². The van der Waals surface area contributed by atoms with Crippen LogP contribution in [-0.2, 0) is 14.3 Å². The van der Waals surface area contributed by atoms with E-state index >= 15 is 0 Å². The van der Waals surface area contributed by atoms with Gasteiger partial charge in [-0.05, 0) is 12.8 Å². The topological polar surface area (TPSA) is 164 Å². The summed E-state index contributed by atoms with van der Waals surface area (Å²) in [6.45, 7) is 0.121. The normalized spacial score (nSPS) is 18.4. The molecule has 164 valence electrons. The molecule has 3 heterocycles. The van der Waals surface area contributed by atoms with Crippen molar-refractivity contribution in [2.24, 2.45) is 0 Å². The van der Waals surface area contributed by atoms with Crippen LogP contribution in [-0.4, -0.2) is 73.2 Å². The van der Waals surface area contributed by atoms with E-state index in [0.717, 1.165) is 12.8 Å². The predicted octanol–water partition coefficient (Wildman–Crippen LogP) is 1.63. The molecule has 0 radical (unpaired) electrons. The molecule has 13 nitrogen and oxygen atoms in total. The highest BCUT2D eigenvalue weighted by atomic mass is 33.1. The van der Waals surface area contributed by atoms with Crippen molar-refractivity contribution in [3.05, 3.63) is 22.8 Å². The third kappa shape index (κ3) is 6.07. The van der Waals surface area contributed by atoms with Crippen molar-refractivity contribution in [3.63, 3.8) is 0 Å². The zero-order valence-corrected chi connectivity index (χ0v) is 17.3. The number of hydrogen-bond acceptors (Lipinski definition) is 12. The van der Waals surface area contributed by atoms with Crippen LogP contribution in [0.15, 0.2) is 12.7 Å². The minimum atomic E-state index is -0.835. The second-order valence-corrected chi connectivity index (χ2v) is 8.68. The van der Waals surface area contributed by atoms with Gasteiger partial charge in [0, 0.05) is 11.5 Å². The highest BCUT2D eigenvalue weighted by molar-refractivity contribution is 8.76. The Labute approximate surface area is 178 Å². The molecular weight excluding hydrogens is 440 g/mol. The molecule has 0 spiro atoms. The first-order valence-corrected chi connectivity index (χ1v) is 11.5. The summed E-state index contributed by atoms with van der Waals surface area (Å²) in [5.74, 6) is 1.18. The third-order valence-electron chi connectivity index (χ3n) is 4.02. The van der Waals surface area contributed by atoms with Gasteiger partial charge in [0.15, 0.2) is 17.0 Å². The van der Waals surface area contributed by atoms with Gasteiger partial charge in [-0.3, -0.25) is 9.88 Å². The predicted molar refractivity (Wildman–Crippen MR) is 108 cm³/mol. The van der Waals surface area contributed by atoms with Gasteiger partial charge >= 0.3 is 6.09 Å². The fourth-order valence-corrected chi connectivity index (χ4v) is 4.39. The quantitative estimate of drug-likeness (QED) is 0.216. The fourth-order valence-electron chi connectivity index (χ4n) is 2.74. The maximum absolute atomic E-state index is 12.0. The molecule has 30 heavy (non-hydrogen) atoms. The average molecular weight is 460 g/mol. The lowest BCUT2D eigenvalue weighted by molar-refractivity contribution is -0.756. The summed E-state index contributed by atoms with van der Waals surface area (Å²) in [6.07, 6.45) is 3.17. The van der Waals surface area contributed by atoms with E-state index < -0.39 is 11.2 Å². The maximum atomic E-state index is 12.0. The smallest absolute Gasteiger partial charge is 0.412 e. The van der Waals surface area contributed by atoms with Crippen LogP contribution in [0, 0.1) is 10.1 Å². The first-order chi connectivity index (χ1) is 14.6. The molecule has 1 fully saturated rings. The molecule has 0 unspecified atom stereocenters. The van der Waals surface area contributed by atoms with Crippen LogP contribution in [0.2, 0.25) is 0 Å². The van der Waals surface area contributed by atoms with Crippen LogP contribution < -0.4 is 5.32 Å². The van der Waals surface area contributed by atoms with Gasteiger partial charge in [-0.1, -0.05) is 21.6 Å². The Morgan fingerprint density at radius 1 is 1.33 bits per heavy atom. The standard InChI is InChI=1S/C15H20N6O7S2/c22-7-10-1-2-11(28-10)20-9-18-12-13(16-8-17-14(12)20)19-15(23)26-3-5-29-30-6-4-27-21(24)25/h8-11,22H,1-7H2,(H,16,17,19,23)/t10-,11+/m0/s1. The average Bonchev–Trinajstić information content (AvgIpc) is 3.36. The summed E-state index contributed by atoms with van der Waals surface area (Å²) < 4.78 is 12.6. The molecule has 2 atom stereocenters. The van der Waals surface area contributed by atoms with Crippen molar-refractivity contribution in [1.82, 2.24) is 19.5 Å². The fraction of sp³-hybridized carbons (Fsp3) is 0.600. The van der Waals surface area contributed by atoms with E-state index in [9.17, 15) is 20.0 Å². The van der Waals surface area contributed by atoms with Crippen molar-refractivity contribution >= 4 is 44.7 Å². The zero-order valence-electron chi connectivity index (χ0n) is 15.7. The van der Waals surface area contributed by atoms with Gasteiger partial charge < -0.3 is 19.4 Å². The number of nitrogens with zero attached hydrogens (tertiary/aromatic N) is 5. The lowest BCUT2D eigenvalue weighted by atomic mass is 10.2. The molecule has 1 amide bonds. The number of carbonyl (C=O) groups is 1. The van der Waals surface area contributed by atoms with Gasteiger partial charge in [0.1, 0.15) is 25.8 Å². The molecule has 2 aromatic rings. The van der Waals surface area contributed by atoms with Crippen LogP contribution in [0.1, 0.15) is 19.1 Å². The molecule has 0 aromatic carbocycles. The van der Waals surface area contributed by atoms with E-state index in [0.29, 0.717) is 22.7 Å². The molecule has 1 saturated heterocycles. The summed E-state index contributed by atoms with van der Waals surface area (Å²) in [6, 6.07) is 0. The minimum absolute atomic E-state index is 0.00885. The van der Waals surface area contributed by atoms with Gasteiger partial charge in [0.2, 0.25) is 0 Å².